The molecule has 0 amide bonds. The highest BCUT2D eigenvalue weighted by Crippen LogP contribution is 2.28. The van der Waals surface area contributed by atoms with Crippen LogP contribution in [0.25, 0.3) is 0 Å². The summed E-state index contributed by atoms with van der Waals surface area (Å²) in [6, 6.07) is 0.789. The monoisotopic (exact) mass is 294 g/mol. The molecule has 3 rings (SSSR count). The van der Waals surface area contributed by atoms with Crippen molar-refractivity contribution in [3.05, 3.63) is 11.8 Å². The van der Waals surface area contributed by atoms with E-state index in [1.54, 1.807) is 0 Å². The number of hydrogen-bond donors (Lipinski definition) is 0. The molecule has 3 heterocycles. The van der Waals surface area contributed by atoms with Crippen LogP contribution < -0.4 is 0 Å². The lowest BCUT2D eigenvalue weighted by atomic mass is 9.99. The van der Waals surface area contributed by atoms with E-state index in [9.17, 15) is 0 Å². The molecule has 0 unspecified atom stereocenters. The van der Waals surface area contributed by atoms with Gasteiger partial charge in [-0.25, -0.2) is 0 Å². The molecule has 0 aromatic carbocycles. The third-order valence-electron chi connectivity index (χ3n) is 4.64. The summed E-state index contributed by atoms with van der Waals surface area (Å²) in [4.78, 5) is 5.07. The van der Waals surface area contributed by atoms with Crippen molar-refractivity contribution in [2.24, 2.45) is 0 Å². The minimum atomic E-state index is 0.206. The van der Waals surface area contributed by atoms with Gasteiger partial charge in [0.05, 0.1) is 19.3 Å². The van der Waals surface area contributed by atoms with Crippen LogP contribution in [0.15, 0.2) is 4.42 Å². The van der Waals surface area contributed by atoms with Gasteiger partial charge in [-0.1, -0.05) is 6.42 Å². The predicted molar refractivity (Wildman–Crippen MR) is 79.1 cm³/mol. The van der Waals surface area contributed by atoms with Crippen molar-refractivity contribution in [3.8, 4) is 0 Å². The molecule has 0 aliphatic carbocycles. The van der Waals surface area contributed by atoms with E-state index in [1.807, 2.05) is 6.92 Å². The number of rotatable bonds is 4. The van der Waals surface area contributed by atoms with Gasteiger partial charge < -0.3 is 9.15 Å². The standard InChI is InChI=1S/C15H26N4O2/c1-12(15-17-16-13(2)21-15)19-6-4-3-5-14(19)11-18-7-9-20-10-8-18/h12,14H,3-11H2,1-2H3/t12-,14-/m1/s1. The van der Waals surface area contributed by atoms with E-state index in [1.165, 1.54) is 19.3 Å². The highest BCUT2D eigenvalue weighted by atomic mass is 16.5. The zero-order valence-electron chi connectivity index (χ0n) is 13.1. The van der Waals surface area contributed by atoms with Crippen LogP contribution in [0.1, 0.15) is 44.0 Å². The van der Waals surface area contributed by atoms with Crippen LogP contribution in [0.4, 0.5) is 0 Å². The molecular formula is C15H26N4O2. The summed E-state index contributed by atoms with van der Waals surface area (Å²) >= 11 is 0. The Morgan fingerprint density at radius 1 is 1.19 bits per heavy atom. The Kier molecular flexibility index (Phi) is 4.87. The van der Waals surface area contributed by atoms with Crippen LogP contribution in [0.3, 0.4) is 0 Å². The van der Waals surface area contributed by atoms with Crippen LogP contribution in [0, 0.1) is 6.92 Å². The van der Waals surface area contributed by atoms with Crippen molar-refractivity contribution in [2.45, 2.75) is 45.2 Å². The number of aromatic nitrogens is 2. The van der Waals surface area contributed by atoms with Crippen LogP contribution in [0.5, 0.6) is 0 Å². The molecule has 0 spiro atoms. The van der Waals surface area contributed by atoms with Gasteiger partial charge in [-0.15, -0.1) is 10.2 Å². The first-order valence-corrected chi connectivity index (χ1v) is 8.10. The van der Waals surface area contributed by atoms with E-state index in [0.29, 0.717) is 11.9 Å². The molecule has 2 aliphatic rings. The number of morpholine rings is 1. The molecule has 2 saturated heterocycles. The Hall–Kier alpha value is -0.980. The maximum atomic E-state index is 5.64. The van der Waals surface area contributed by atoms with Crippen molar-refractivity contribution in [1.29, 1.82) is 0 Å². The first kappa shape index (κ1) is 14.9. The fourth-order valence-corrected chi connectivity index (χ4v) is 3.43. The Bertz CT molecular complexity index is 445. The van der Waals surface area contributed by atoms with Crippen LogP contribution >= 0.6 is 0 Å². The molecular weight excluding hydrogens is 268 g/mol. The number of hydrogen-bond acceptors (Lipinski definition) is 6. The molecule has 0 bridgehead atoms. The van der Waals surface area contributed by atoms with Gasteiger partial charge in [-0.3, -0.25) is 9.80 Å². The molecule has 0 radical (unpaired) electrons. The summed E-state index contributed by atoms with van der Waals surface area (Å²) in [6.07, 6.45) is 3.84. The second-order valence-electron chi connectivity index (χ2n) is 6.14. The van der Waals surface area contributed by atoms with Crippen molar-refractivity contribution in [2.75, 3.05) is 39.4 Å². The summed E-state index contributed by atoms with van der Waals surface area (Å²) in [5, 5.41) is 8.18. The fraction of sp³-hybridized carbons (Fsp3) is 0.867. The third-order valence-corrected chi connectivity index (χ3v) is 4.64. The summed E-state index contributed by atoms with van der Waals surface area (Å²) in [5.74, 6) is 1.40. The van der Waals surface area contributed by atoms with E-state index in [2.05, 4.69) is 26.9 Å². The smallest absolute Gasteiger partial charge is 0.233 e. The van der Waals surface area contributed by atoms with Crippen LogP contribution in [-0.2, 0) is 4.74 Å². The number of piperidine rings is 1. The molecule has 118 valence electrons. The number of nitrogens with zero attached hydrogens (tertiary/aromatic N) is 4. The minimum absolute atomic E-state index is 0.206. The lowest BCUT2D eigenvalue weighted by Crippen LogP contribution is -2.50. The van der Waals surface area contributed by atoms with Gasteiger partial charge in [0.25, 0.3) is 0 Å². The largest absolute Gasteiger partial charge is 0.424 e. The topological polar surface area (TPSA) is 54.6 Å². The van der Waals surface area contributed by atoms with Crippen LogP contribution in [-0.4, -0.2) is 65.4 Å². The summed E-state index contributed by atoms with van der Waals surface area (Å²) in [6.45, 7) is 10.1. The second kappa shape index (κ2) is 6.85. The quantitative estimate of drug-likeness (QED) is 0.841. The Morgan fingerprint density at radius 2 is 2.00 bits per heavy atom. The summed E-state index contributed by atoms with van der Waals surface area (Å²) in [5.41, 5.74) is 0. The maximum absolute atomic E-state index is 5.64. The third kappa shape index (κ3) is 3.62. The average molecular weight is 294 g/mol. The van der Waals surface area contributed by atoms with Gasteiger partial charge in [0.2, 0.25) is 11.8 Å². The first-order chi connectivity index (χ1) is 10.2. The zero-order valence-corrected chi connectivity index (χ0v) is 13.1. The number of aryl methyl sites for hydroxylation is 1. The molecule has 6 heteroatoms. The van der Waals surface area contributed by atoms with Gasteiger partial charge in [0, 0.05) is 32.6 Å². The first-order valence-electron chi connectivity index (χ1n) is 8.10. The predicted octanol–water partition coefficient (Wildman–Crippen LogP) is 1.63. The molecule has 6 nitrogen and oxygen atoms in total. The molecule has 0 saturated carbocycles. The van der Waals surface area contributed by atoms with Gasteiger partial charge in [-0.05, 0) is 26.3 Å². The highest BCUT2D eigenvalue weighted by molar-refractivity contribution is 4.93. The van der Waals surface area contributed by atoms with E-state index in [0.717, 1.165) is 45.3 Å². The van der Waals surface area contributed by atoms with Crippen LogP contribution in [0.2, 0.25) is 0 Å². The summed E-state index contributed by atoms with van der Waals surface area (Å²) in [7, 11) is 0. The van der Waals surface area contributed by atoms with Gasteiger partial charge in [0.1, 0.15) is 0 Å². The van der Waals surface area contributed by atoms with E-state index < -0.39 is 0 Å². The Labute approximate surface area is 126 Å². The second-order valence-corrected chi connectivity index (χ2v) is 6.14. The minimum Gasteiger partial charge on any atom is -0.424 e. The van der Waals surface area contributed by atoms with Crippen molar-refractivity contribution < 1.29 is 9.15 Å². The van der Waals surface area contributed by atoms with Gasteiger partial charge in [-0.2, -0.15) is 0 Å². The molecule has 2 fully saturated rings. The lowest BCUT2D eigenvalue weighted by molar-refractivity contribution is 0.00636. The maximum Gasteiger partial charge on any atom is 0.233 e. The normalized spacial score (nSPS) is 26.9. The number of ether oxygens (including phenoxy) is 1. The van der Waals surface area contributed by atoms with Gasteiger partial charge >= 0.3 is 0 Å². The molecule has 1 aromatic rings. The van der Waals surface area contributed by atoms with Crippen molar-refractivity contribution in [1.82, 2.24) is 20.0 Å². The van der Waals surface area contributed by atoms with Crippen molar-refractivity contribution >= 4 is 0 Å². The summed E-state index contributed by atoms with van der Waals surface area (Å²) < 4.78 is 11.1. The lowest BCUT2D eigenvalue weighted by Gasteiger charge is -2.41. The molecule has 21 heavy (non-hydrogen) atoms. The average Bonchev–Trinajstić information content (AvgIpc) is 2.95. The number of likely N-dealkylation sites (tertiary alicyclic amines) is 1. The van der Waals surface area contributed by atoms with E-state index in [4.69, 9.17) is 9.15 Å². The molecule has 1 aromatic heterocycles. The van der Waals surface area contributed by atoms with Gasteiger partial charge in [0.15, 0.2) is 0 Å². The SMILES string of the molecule is Cc1nnc([C@@H](C)N2CCCC[C@@H]2CN2CCOCC2)o1. The zero-order chi connectivity index (χ0) is 14.7. The van der Waals surface area contributed by atoms with E-state index in [-0.39, 0.29) is 6.04 Å². The van der Waals surface area contributed by atoms with Crippen molar-refractivity contribution in [3.63, 3.8) is 0 Å². The molecule has 2 aliphatic heterocycles. The van der Waals surface area contributed by atoms with E-state index >= 15 is 0 Å². The molecule has 0 N–H and O–H groups in total. The fourth-order valence-electron chi connectivity index (χ4n) is 3.43. The Balaban J connectivity index is 1.65. The molecule has 2 atom stereocenters. The highest BCUT2D eigenvalue weighted by Gasteiger charge is 2.31. The Morgan fingerprint density at radius 3 is 2.71 bits per heavy atom.